The third-order valence-corrected chi connectivity index (χ3v) is 6.54. The lowest BCUT2D eigenvalue weighted by atomic mass is 10.1. The van der Waals surface area contributed by atoms with Crippen molar-refractivity contribution in [3.8, 4) is 0 Å². The number of rotatable bonds is 10. The molecule has 0 aromatic heterocycles. The number of amides is 1. The topological polar surface area (TPSA) is 130 Å². The van der Waals surface area contributed by atoms with E-state index in [0.717, 1.165) is 10.8 Å². The van der Waals surface area contributed by atoms with Gasteiger partial charge in [0.25, 0.3) is 5.69 Å². The lowest BCUT2D eigenvalue weighted by molar-refractivity contribution is -0.384. The summed E-state index contributed by atoms with van der Waals surface area (Å²) in [6.45, 7) is 3.89. The number of hydrogen-bond acceptors (Lipinski definition) is 6. The van der Waals surface area contributed by atoms with Crippen LogP contribution in [0.4, 0.5) is 11.4 Å². The molecule has 0 spiro atoms. The Bertz CT molecular complexity index is 1260. The molecule has 0 aliphatic heterocycles. The van der Waals surface area contributed by atoms with Gasteiger partial charge in [-0.2, -0.15) is 4.72 Å². The number of nitrogens with zero attached hydrogens (tertiary/aromatic N) is 1. The van der Waals surface area contributed by atoms with E-state index in [4.69, 9.17) is 0 Å². The van der Waals surface area contributed by atoms with E-state index >= 15 is 0 Å². The first-order valence-electron chi connectivity index (χ1n) is 10.4. The molecule has 0 bridgehead atoms. The second-order valence-corrected chi connectivity index (χ2v) is 9.56. The van der Waals surface area contributed by atoms with E-state index < -0.39 is 26.9 Å². The van der Waals surface area contributed by atoms with Crippen LogP contribution in [0.25, 0.3) is 10.8 Å². The number of fused-ring (bicyclic) bond motifs is 1. The third-order valence-electron chi connectivity index (χ3n) is 5.10. The van der Waals surface area contributed by atoms with Crippen molar-refractivity contribution in [2.75, 3.05) is 18.4 Å². The predicted octanol–water partition coefficient (Wildman–Crippen LogP) is 3.28. The highest BCUT2D eigenvalue weighted by atomic mass is 32.2. The smallest absolute Gasteiger partial charge is 0.292 e. The number of sulfonamides is 1. The summed E-state index contributed by atoms with van der Waals surface area (Å²) in [5, 5.41) is 18.4. The third kappa shape index (κ3) is 6.05. The fourth-order valence-electron chi connectivity index (χ4n) is 3.34. The molecule has 0 aliphatic rings. The van der Waals surface area contributed by atoms with Crippen LogP contribution in [0.5, 0.6) is 0 Å². The van der Waals surface area contributed by atoms with Gasteiger partial charge in [0.1, 0.15) is 11.7 Å². The van der Waals surface area contributed by atoms with Crippen LogP contribution in [0.1, 0.15) is 13.8 Å². The molecule has 0 heterocycles. The molecule has 33 heavy (non-hydrogen) atoms. The number of carbonyl (C=O) groups excluding carboxylic acids is 1. The van der Waals surface area contributed by atoms with Crippen LogP contribution in [0.3, 0.4) is 0 Å². The van der Waals surface area contributed by atoms with Gasteiger partial charge in [-0.05, 0) is 34.9 Å². The summed E-state index contributed by atoms with van der Waals surface area (Å²) < 4.78 is 28.4. The fourth-order valence-corrected chi connectivity index (χ4v) is 4.72. The van der Waals surface area contributed by atoms with Gasteiger partial charge in [0, 0.05) is 19.2 Å². The van der Waals surface area contributed by atoms with Crippen molar-refractivity contribution in [3.63, 3.8) is 0 Å². The minimum Gasteiger partial charge on any atom is -0.378 e. The van der Waals surface area contributed by atoms with Gasteiger partial charge in [0.15, 0.2) is 0 Å². The molecule has 1 atom stereocenters. The van der Waals surface area contributed by atoms with Crippen LogP contribution in [0, 0.1) is 16.0 Å². The van der Waals surface area contributed by atoms with Crippen molar-refractivity contribution >= 4 is 38.1 Å². The summed E-state index contributed by atoms with van der Waals surface area (Å²) in [6, 6.07) is 17.5. The van der Waals surface area contributed by atoms with E-state index in [2.05, 4.69) is 15.4 Å². The highest BCUT2D eigenvalue weighted by Crippen LogP contribution is 2.23. The molecular formula is C23H26N4O5S. The minimum atomic E-state index is -3.93. The van der Waals surface area contributed by atoms with Gasteiger partial charge in [-0.1, -0.05) is 56.3 Å². The zero-order valence-corrected chi connectivity index (χ0v) is 19.1. The average Bonchev–Trinajstić information content (AvgIpc) is 2.79. The SMILES string of the molecule is CC(C)C(NS(=O)(=O)c1ccc2ccccc2c1)C(=O)NCCNc1ccccc1[N+](=O)[O-]. The quantitative estimate of drug-likeness (QED) is 0.237. The molecule has 10 heteroatoms. The summed E-state index contributed by atoms with van der Waals surface area (Å²) in [5.41, 5.74) is 0.279. The maximum atomic E-state index is 12.9. The molecule has 174 valence electrons. The Morgan fingerprint density at radius 1 is 0.970 bits per heavy atom. The lowest BCUT2D eigenvalue weighted by Gasteiger charge is -2.22. The van der Waals surface area contributed by atoms with Crippen LogP contribution in [0.2, 0.25) is 0 Å². The number of para-hydroxylation sites is 2. The molecule has 1 amide bonds. The Hall–Kier alpha value is -3.50. The molecule has 0 saturated carbocycles. The average molecular weight is 471 g/mol. The second-order valence-electron chi connectivity index (χ2n) is 7.84. The molecule has 0 aliphatic carbocycles. The first-order chi connectivity index (χ1) is 15.7. The zero-order chi connectivity index (χ0) is 24.0. The fraction of sp³-hybridized carbons (Fsp3) is 0.261. The molecule has 3 aromatic rings. The standard InChI is InChI=1S/C23H26N4O5S/c1-16(2)22(23(28)25-14-13-24-20-9-5-6-10-21(20)27(29)30)26-33(31,32)19-12-11-17-7-3-4-8-18(17)15-19/h3-12,15-16,22,24,26H,13-14H2,1-2H3,(H,25,28). The van der Waals surface area contributed by atoms with E-state index in [9.17, 15) is 23.3 Å². The van der Waals surface area contributed by atoms with Crippen molar-refractivity contribution in [2.45, 2.75) is 24.8 Å². The minimum absolute atomic E-state index is 0.0629. The lowest BCUT2D eigenvalue weighted by Crippen LogP contribution is -2.50. The highest BCUT2D eigenvalue weighted by Gasteiger charge is 2.28. The molecule has 1 unspecified atom stereocenters. The highest BCUT2D eigenvalue weighted by molar-refractivity contribution is 7.89. The van der Waals surface area contributed by atoms with Crippen molar-refractivity contribution in [3.05, 3.63) is 76.8 Å². The van der Waals surface area contributed by atoms with Crippen LogP contribution < -0.4 is 15.4 Å². The Balaban J connectivity index is 1.63. The van der Waals surface area contributed by atoms with E-state index in [0.29, 0.717) is 5.69 Å². The van der Waals surface area contributed by atoms with Gasteiger partial charge in [-0.25, -0.2) is 8.42 Å². The van der Waals surface area contributed by atoms with Gasteiger partial charge >= 0.3 is 0 Å². The zero-order valence-electron chi connectivity index (χ0n) is 18.3. The van der Waals surface area contributed by atoms with E-state index in [1.165, 1.54) is 12.1 Å². The number of nitro benzene ring substituents is 1. The van der Waals surface area contributed by atoms with Crippen LogP contribution >= 0.6 is 0 Å². The van der Waals surface area contributed by atoms with E-state index in [1.54, 1.807) is 44.2 Å². The molecule has 3 N–H and O–H groups in total. The Morgan fingerprint density at radius 2 is 1.64 bits per heavy atom. The number of benzene rings is 3. The largest absolute Gasteiger partial charge is 0.378 e. The number of nitrogens with one attached hydrogen (secondary N) is 3. The Labute approximate surface area is 192 Å². The summed E-state index contributed by atoms with van der Waals surface area (Å²) in [6.07, 6.45) is 0. The first kappa shape index (κ1) is 24.1. The Morgan fingerprint density at radius 3 is 2.33 bits per heavy atom. The van der Waals surface area contributed by atoms with Crippen LogP contribution in [-0.2, 0) is 14.8 Å². The number of anilines is 1. The number of hydrogen-bond donors (Lipinski definition) is 3. The van der Waals surface area contributed by atoms with Gasteiger partial charge in [-0.15, -0.1) is 0 Å². The van der Waals surface area contributed by atoms with Gasteiger partial charge in [-0.3, -0.25) is 14.9 Å². The molecular weight excluding hydrogens is 444 g/mol. The van der Waals surface area contributed by atoms with Crippen LogP contribution in [-0.4, -0.2) is 38.4 Å². The molecule has 3 rings (SSSR count). The monoisotopic (exact) mass is 470 g/mol. The summed E-state index contributed by atoms with van der Waals surface area (Å²) in [7, 11) is -3.93. The van der Waals surface area contributed by atoms with Gasteiger partial charge in [0.2, 0.25) is 15.9 Å². The second kappa shape index (κ2) is 10.4. The summed E-state index contributed by atoms with van der Waals surface area (Å²) >= 11 is 0. The maximum absolute atomic E-state index is 12.9. The van der Waals surface area contributed by atoms with Crippen molar-refractivity contribution in [1.82, 2.24) is 10.0 Å². The predicted molar refractivity (Wildman–Crippen MR) is 127 cm³/mol. The van der Waals surface area contributed by atoms with Crippen molar-refractivity contribution in [2.24, 2.45) is 5.92 Å². The Kier molecular flexibility index (Phi) is 7.62. The number of carbonyl (C=O) groups is 1. The van der Waals surface area contributed by atoms with Crippen LogP contribution in [0.15, 0.2) is 71.6 Å². The summed E-state index contributed by atoms with van der Waals surface area (Å²) in [4.78, 5) is 23.4. The van der Waals surface area contributed by atoms with Gasteiger partial charge in [0.05, 0.1) is 9.82 Å². The normalized spacial score (nSPS) is 12.5. The van der Waals surface area contributed by atoms with Gasteiger partial charge < -0.3 is 10.6 Å². The molecule has 3 aromatic carbocycles. The molecule has 9 nitrogen and oxygen atoms in total. The maximum Gasteiger partial charge on any atom is 0.292 e. The van der Waals surface area contributed by atoms with Crippen molar-refractivity contribution in [1.29, 1.82) is 0 Å². The van der Waals surface area contributed by atoms with E-state index in [1.807, 2.05) is 24.3 Å². The summed E-state index contributed by atoms with van der Waals surface area (Å²) in [5.74, 6) is -0.776. The van der Waals surface area contributed by atoms with E-state index in [-0.39, 0.29) is 29.6 Å². The first-order valence-corrected chi connectivity index (χ1v) is 11.9. The molecule has 0 radical (unpaired) electrons. The number of nitro groups is 1. The molecule has 0 fully saturated rings. The van der Waals surface area contributed by atoms with Crippen molar-refractivity contribution < 1.29 is 18.1 Å². The molecule has 0 saturated heterocycles.